The molecule has 0 saturated carbocycles. The van der Waals surface area contributed by atoms with Gasteiger partial charge >= 0.3 is 0 Å². The van der Waals surface area contributed by atoms with Gasteiger partial charge in [-0.3, -0.25) is 9.59 Å². The Kier molecular flexibility index (Phi) is 4.40. The van der Waals surface area contributed by atoms with Crippen LogP contribution in [0.25, 0.3) is 0 Å². The van der Waals surface area contributed by atoms with Crippen LogP contribution in [0, 0.1) is 0 Å². The summed E-state index contributed by atoms with van der Waals surface area (Å²) in [4.78, 5) is 31.4. The highest BCUT2D eigenvalue weighted by Gasteiger charge is 2.26. The molecular weight excluding hydrogens is 189 g/mol. The molecule has 0 rings (SSSR count). The van der Waals surface area contributed by atoms with Gasteiger partial charge in [0.1, 0.15) is 6.54 Å². The second-order valence-corrected chi connectivity index (χ2v) is 5.26. The van der Waals surface area contributed by atoms with Crippen LogP contribution in [-0.4, -0.2) is 48.1 Å². The molecule has 1 N–H and O–H groups in total. The SMILES string of the molecule is C=CC(=O)P(O)C(=O)C[N+](C)(C)C. The molecular formula is C8H15NO3P+. The first-order valence-corrected chi connectivity index (χ1v) is 5.06. The lowest BCUT2D eigenvalue weighted by Crippen LogP contribution is -2.39. The number of carbonyl (C=O) groups is 2. The van der Waals surface area contributed by atoms with E-state index in [0.29, 0.717) is 4.48 Å². The maximum Gasteiger partial charge on any atom is 0.242 e. The van der Waals surface area contributed by atoms with Crippen molar-refractivity contribution in [3.63, 3.8) is 0 Å². The first-order chi connectivity index (χ1) is 5.78. The summed E-state index contributed by atoms with van der Waals surface area (Å²) in [6.45, 7) is 3.36. The van der Waals surface area contributed by atoms with Crippen molar-refractivity contribution in [2.45, 2.75) is 0 Å². The van der Waals surface area contributed by atoms with Gasteiger partial charge in [-0.2, -0.15) is 0 Å². The Labute approximate surface area is 79.3 Å². The summed E-state index contributed by atoms with van der Waals surface area (Å²) >= 11 is 0. The zero-order valence-electron chi connectivity index (χ0n) is 8.15. The molecule has 0 fully saturated rings. The molecule has 1 unspecified atom stereocenters. The van der Waals surface area contributed by atoms with Gasteiger partial charge < -0.3 is 9.38 Å². The largest absolute Gasteiger partial charge is 0.360 e. The van der Waals surface area contributed by atoms with Gasteiger partial charge in [-0.25, -0.2) is 0 Å². The molecule has 13 heavy (non-hydrogen) atoms. The first kappa shape index (κ1) is 12.4. The molecule has 1 atom stereocenters. The second kappa shape index (κ2) is 4.61. The van der Waals surface area contributed by atoms with E-state index in [4.69, 9.17) is 0 Å². The van der Waals surface area contributed by atoms with Crippen molar-refractivity contribution in [2.24, 2.45) is 0 Å². The number of rotatable bonds is 5. The summed E-state index contributed by atoms with van der Waals surface area (Å²) < 4.78 is 0.405. The second-order valence-electron chi connectivity index (χ2n) is 3.70. The predicted molar refractivity (Wildman–Crippen MR) is 52.2 cm³/mol. The van der Waals surface area contributed by atoms with Crippen LogP contribution >= 0.6 is 8.15 Å². The van der Waals surface area contributed by atoms with Gasteiger partial charge in [0.2, 0.25) is 11.0 Å². The molecule has 0 aliphatic rings. The minimum atomic E-state index is -2.18. The fraction of sp³-hybridized carbons (Fsp3) is 0.500. The van der Waals surface area contributed by atoms with Crippen LogP contribution in [0.4, 0.5) is 0 Å². The van der Waals surface area contributed by atoms with Crippen molar-refractivity contribution in [2.75, 3.05) is 27.7 Å². The lowest BCUT2D eigenvalue weighted by molar-refractivity contribution is -0.861. The van der Waals surface area contributed by atoms with E-state index in [1.165, 1.54) is 0 Å². The molecule has 0 spiro atoms. The zero-order chi connectivity index (χ0) is 10.6. The highest BCUT2D eigenvalue weighted by molar-refractivity contribution is 7.85. The lowest BCUT2D eigenvalue weighted by atomic mass is 10.5. The zero-order valence-corrected chi connectivity index (χ0v) is 9.04. The Balaban J connectivity index is 4.28. The Morgan fingerprint density at radius 1 is 1.46 bits per heavy atom. The fourth-order valence-corrected chi connectivity index (χ4v) is 1.66. The Hall–Kier alpha value is -0.570. The molecule has 0 amide bonds. The van der Waals surface area contributed by atoms with Crippen molar-refractivity contribution in [3.05, 3.63) is 12.7 Å². The fourth-order valence-electron chi connectivity index (χ4n) is 0.682. The standard InChI is InChI=1S/C8H15NO3P/c1-5-7(10)13(12)8(11)6-9(2,3)4/h5,12H,1,6H2,2-4H3/q+1. The van der Waals surface area contributed by atoms with Crippen molar-refractivity contribution in [1.29, 1.82) is 0 Å². The number of quaternary nitrogens is 1. The van der Waals surface area contributed by atoms with E-state index in [-0.39, 0.29) is 6.54 Å². The molecule has 0 aromatic rings. The Morgan fingerprint density at radius 3 is 2.23 bits per heavy atom. The average Bonchev–Trinajstić information content (AvgIpc) is 1.98. The number of allylic oxidation sites excluding steroid dienone is 1. The van der Waals surface area contributed by atoms with E-state index >= 15 is 0 Å². The quantitative estimate of drug-likeness (QED) is 0.398. The number of hydrogen-bond donors (Lipinski definition) is 1. The maximum absolute atomic E-state index is 11.3. The van der Waals surface area contributed by atoms with Gasteiger partial charge in [0.05, 0.1) is 21.1 Å². The van der Waals surface area contributed by atoms with Crippen LogP contribution < -0.4 is 0 Å². The molecule has 0 aromatic carbocycles. The van der Waals surface area contributed by atoms with Crippen molar-refractivity contribution < 1.29 is 19.0 Å². The molecule has 0 aromatic heterocycles. The molecule has 4 nitrogen and oxygen atoms in total. The highest BCUT2D eigenvalue weighted by Crippen LogP contribution is 2.32. The summed E-state index contributed by atoms with van der Waals surface area (Å²) in [6, 6.07) is 0. The Morgan fingerprint density at radius 2 is 1.92 bits per heavy atom. The van der Waals surface area contributed by atoms with Crippen molar-refractivity contribution in [3.8, 4) is 0 Å². The average molecular weight is 204 g/mol. The molecule has 0 radical (unpaired) electrons. The van der Waals surface area contributed by atoms with Crippen LogP contribution in [0.2, 0.25) is 0 Å². The molecule has 74 valence electrons. The van der Waals surface area contributed by atoms with Crippen LogP contribution in [0.1, 0.15) is 0 Å². The number of hydrogen-bond acceptors (Lipinski definition) is 3. The molecule has 0 bridgehead atoms. The minimum absolute atomic E-state index is 0.155. The van der Waals surface area contributed by atoms with Gasteiger partial charge in [0, 0.05) is 0 Å². The first-order valence-electron chi connectivity index (χ1n) is 3.76. The van der Waals surface area contributed by atoms with E-state index < -0.39 is 19.2 Å². The molecule has 0 heterocycles. The van der Waals surface area contributed by atoms with Gasteiger partial charge in [0.25, 0.3) is 0 Å². The monoisotopic (exact) mass is 204 g/mol. The predicted octanol–water partition coefficient (Wildman–Crippen LogP) is 0.321. The van der Waals surface area contributed by atoms with Crippen LogP contribution in [0.3, 0.4) is 0 Å². The van der Waals surface area contributed by atoms with E-state index in [0.717, 1.165) is 6.08 Å². The van der Waals surface area contributed by atoms with Crippen molar-refractivity contribution >= 4 is 19.2 Å². The topological polar surface area (TPSA) is 54.4 Å². The molecule has 0 saturated heterocycles. The summed E-state index contributed by atoms with van der Waals surface area (Å²) in [5.74, 6) is 0. The van der Waals surface area contributed by atoms with Gasteiger partial charge in [-0.1, -0.05) is 6.58 Å². The summed E-state index contributed by atoms with van der Waals surface area (Å²) in [5.41, 5.74) is -0.985. The molecule has 5 heteroatoms. The third kappa shape index (κ3) is 4.88. The van der Waals surface area contributed by atoms with E-state index in [9.17, 15) is 14.5 Å². The van der Waals surface area contributed by atoms with Gasteiger partial charge in [-0.15, -0.1) is 0 Å². The van der Waals surface area contributed by atoms with E-state index in [1.807, 2.05) is 21.1 Å². The summed E-state index contributed by atoms with van der Waals surface area (Å²) in [7, 11) is 3.28. The normalized spacial score (nSPS) is 13.5. The smallest absolute Gasteiger partial charge is 0.242 e. The van der Waals surface area contributed by atoms with Crippen LogP contribution in [0.15, 0.2) is 12.7 Å². The third-order valence-corrected chi connectivity index (χ3v) is 2.44. The third-order valence-electron chi connectivity index (χ3n) is 1.23. The number of nitrogens with zero attached hydrogens (tertiary/aromatic N) is 1. The minimum Gasteiger partial charge on any atom is -0.360 e. The highest BCUT2D eigenvalue weighted by atomic mass is 31.1. The number of likely N-dealkylation sites (N-methyl/N-ethyl adjacent to an activating group) is 1. The van der Waals surface area contributed by atoms with E-state index in [2.05, 4.69) is 6.58 Å². The molecule has 0 aliphatic carbocycles. The van der Waals surface area contributed by atoms with Crippen LogP contribution in [0.5, 0.6) is 0 Å². The number of carbonyl (C=O) groups excluding carboxylic acids is 2. The van der Waals surface area contributed by atoms with Crippen LogP contribution in [-0.2, 0) is 9.59 Å². The van der Waals surface area contributed by atoms with Crippen molar-refractivity contribution in [1.82, 2.24) is 0 Å². The molecule has 0 aliphatic heterocycles. The summed E-state index contributed by atoms with van der Waals surface area (Å²) in [6.07, 6.45) is 0.985. The van der Waals surface area contributed by atoms with E-state index in [1.54, 1.807) is 0 Å². The Bertz CT molecular complexity index is 232. The maximum atomic E-state index is 11.3. The lowest BCUT2D eigenvalue weighted by Gasteiger charge is -2.23. The summed E-state index contributed by atoms with van der Waals surface area (Å²) in [5, 5.41) is 0. The van der Waals surface area contributed by atoms with Gasteiger partial charge in [-0.05, 0) is 6.08 Å². The van der Waals surface area contributed by atoms with Gasteiger partial charge in [0.15, 0.2) is 8.15 Å².